The Kier molecular flexibility index (Phi) is 8.12. The Morgan fingerprint density at radius 3 is 1.95 bits per heavy atom. The van der Waals surface area contributed by atoms with Gasteiger partial charge in [0, 0.05) is 39.3 Å². The maximum atomic E-state index is 13.5. The molecule has 0 saturated carbocycles. The molecule has 200 valence electrons. The first-order valence-electron chi connectivity index (χ1n) is 13.2. The molecule has 0 N–H and O–H groups in total. The molecule has 38 heavy (non-hydrogen) atoms. The van der Waals surface area contributed by atoms with Gasteiger partial charge in [0.25, 0.3) is 0 Å². The number of nitrogens with zero attached hydrogens (tertiary/aromatic N) is 3. The van der Waals surface area contributed by atoms with Crippen molar-refractivity contribution < 1.29 is 17.9 Å². The van der Waals surface area contributed by atoms with Gasteiger partial charge in [0.05, 0.1) is 24.0 Å². The molecule has 0 aromatic heterocycles. The molecule has 3 aromatic rings. The second-order valence-electron chi connectivity index (χ2n) is 9.96. The highest BCUT2D eigenvalue weighted by molar-refractivity contribution is 7.89. The predicted molar refractivity (Wildman–Crippen MR) is 147 cm³/mol. The van der Waals surface area contributed by atoms with Crippen LogP contribution >= 0.6 is 0 Å². The number of piperazine rings is 1. The second-order valence-corrected chi connectivity index (χ2v) is 11.9. The summed E-state index contributed by atoms with van der Waals surface area (Å²) in [5, 5.41) is 0. The van der Waals surface area contributed by atoms with Crippen LogP contribution in [0.3, 0.4) is 0 Å². The highest BCUT2D eigenvalue weighted by Gasteiger charge is 2.36. The minimum Gasteiger partial charge on any atom is -0.497 e. The van der Waals surface area contributed by atoms with Crippen molar-refractivity contribution in [2.45, 2.75) is 23.8 Å². The smallest absolute Gasteiger partial charge is 0.243 e. The van der Waals surface area contributed by atoms with E-state index in [4.69, 9.17) is 4.74 Å². The van der Waals surface area contributed by atoms with Crippen molar-refractivity contribution in [3.63, 3.8) is 0 Å². The summed E-state index contributed by atoms with van der Waals surface area (Å²) in [6, 6.07) is 27.6. The molecule has 2 saturated heterocycles. The van der Waals surface area contributed by atoms with Crippen molar-refractivity contribution >= 4 is 15.9 Å². The van der Waals surface area contributed by atoms with E-state index < -0.39 is 10.0 Å². The van der Waals surface area contributed by atoms with Crippen molar-refractivity contribution in [1.82, 2.24) is 14.1 Å². The Hall–Kier alpha value is -3.20. The number of methoxy groups -OCH3 is 1. The molecule has 0 spiro atoms. The topological polar surface area (TPSA) is 70.2 Å². The van der Waals surface area contributed by atoms with Crippen LogP contribution in [-0.4, -0.2) is 74.8 Å². The van der Waals surface area contributed by atoms with E-state index in [0.29, 0.717) is 38.2 Å². The largest absolute Gasteiger partial charge is 0.497 e. The minimum absolute atomic E-state index is 0.0650. The van der Waals surface area contributed by atoms with Crippen molar-refractivity contribution in [3.8, 4) is 5.75 Å². The fourth-order valence-corrected chi connectivity index (χ4v) is 7.13. The normalized spacial score (nSPS) is 19.4. The SMILES string of the molecule is COc1ccc(S(=O)(=O)N2CCC[C@@H](C(=O)N3CCN(C(c4ccccc4)c4ccccc4)CC3)C2)cc1. The number of rotatable bonds is 7. The van der Waals surface area contributed by atoms with Crippen LogP contribution in [0.2, 0.25) is 0 Å². The van der Waals surface area contributed by atoms with Gasteiger partial charge in [-0.25, -0.2) is 8.42 Å². The van der Waals surface area contributed by atoms with Gasteiger partial charge in [-0.2, -0.15) is 4.31 Å². The van der Waals surface area contributed by atoms with Crippen LogP contribution in [0.15, 0.2) is 89.8 Å². The molecule has 8 heteroatoms. The summed E-state index contributed by atoms with van der Waals surface area (Å²) in [5.41, 5.74) is 2.48. The number of carbonyl (C=O) groups is 1. The lowest BCUT2D eigenvalue weighted by molar-refractivity contribution is -0.138. The van der Waals surface area contributed by atoms with E-state index in [-0.39, 0.29) is 29.3 Å². The first kappa shape index (κ1) is 26.4. The van der Waals surface area contributed by atoms with Gasteiger partial charge < -0.3 is 9.64 Å². The highest BCUT2D eigenvalue weighted by Crippen LogP contribution is 2.31. The molecule has 5 rings (SSSR count). The van der Waals surface area contributed by atoms with E-state index in [0.717, 1.165) is 13.1 Å². The van der Waals surface area contributed by atoms with Gasteiger partial charge in [0.15, 0.2) is 0 Å². The molecule has 0 unspecified atom stereocenters. The molecule has 2 fully saturated rings. The summed E-state index contributed by atoms with van der Waals surface area (Å²) in [6.07, 6.45) is 1.39. The van der Waals surface area contributed by atoms with Gasteiger partial charge in [-0.05, 0) is 48.2 Å². The summed E-state index contributed by atoms with van der Waals surface area (Å²) < 4.78 is 33.2. The molecule has 0 aliphatic carbocycles. The molecule has 2 aliphatic heterocycles. The van der Waals surface area contributed by atoms with Gasteiger partial charge in [-0.1, -0.05) is 60.7 Å². The molecule has 2 heterocycles. The summed E-state index contributed by atoms with van der Waals surface area (Å²) in [5.74, 6) is 0.356. The van der Waals surface area contributed by atoms with Crippen LogP contribution in [-0.2, 0) is 14.8 Å². The van der Waals surface area contributed by atoms with Crippen LogP contribution in [0.1, 0.15) is 30.0 Å². The van der Waals surface area contributed by atoms with Crippen molar-refractivity contribution in [2.75, 3.05) is 46.4 Å². The average Bonchev–Trinajstić information content (AvgIpc) is 2.98. The van der Waals surface area contributed by atoms with Crippen molar-refractivity contribution in [2.24, 2.45) is 5.92 Å². The molecular weight excluding hydrogens is 498 g/mol. The van der Waals surface area contributed by atoms with Gasteiger partial charge in [-0.3, -0.25) is 9.69 Å². The first-order chi connectivity index (χ1) is 18.5. The number of carbonyl (C=O) groups excluding carboxylic acids is 1. The van der Waals surface area contributed by atoms with Crippen LogP contribution in [0.4, 0.5) is 0 Å². The van der Waals surface area contributed by atoms with Crippen molar-refractivity contribution in [1.29, 1.82) is 0 Å². The molecule has 0 bridgehead atoms. The summed E-state index contributed by atoms with van der Waals surface area (Å²) >= 11 is 0. The zero-order valence-corrected chi connectivity index (χ0v) is 22.6. The fourth-order valence-electron chi connectivity index (χ4n) is 5.60. The van der Waals surface area contributed by atoms with Gasteiger partial charge >= 0.3 is 0 Å². The third-order valence-electron chi connectivity index (χ3n) is 7.65. The van der Waals surface area contributed by atoms with Crippen molar-refractivity contribution in [3.05, 3.63) is 96.1 Å². The molecule has 7 nitrogen and oxygen atoms in total. The van der Waals surface area contributed by atoms with Crippen LogP contribution in [0, 0.1) is 5.92 Å². The maximum Gasteiger partial charge on any atom is 0.243 e. The number of sulfonamides is 1. The van der Waals surface area contributed by atoms with E-state index in [2.05, 4.69) is 53.4 Å². The van der Waals surface area contributed by atoms with Gasteiger partial charge in [0.2, 0.25) is 15.9 Å². The molecule has 2 aliphatic rings. The van der Waals surface area contributed by atoms with E-state index >= 15 is 0 Å². The lowest BCUT2D eigenvalue weighted by Gasteiger charge is -2.41. The average molecular weight is 534 g/mol. The lowest BCUT2D eigenvalue weighted by atomic mass is 9.95. The van der Waals surface area contributed by atoms with E-state index in [1.54, 1.807) is 31.4 Å². The third-order valence-corrected chi connectivity index (χ3v) is 9.53. The number of piperidine rings is 1. The zero-order valence-electron chi connectivity index (χ0n) is 21.8. The Labute approximate surface area is 225 Å². The highest BCUT2D eigenvalue weighted by atomic mass is 32.2. The quantitative estimate of drug-likeness (QED) is 0.459. The molecular formula is C30H35N3O4S. The second kappa shape index (κ2) is 11.7. The van der Waals surface area contributed by atoms with Gasteiger partial charge in [-0.15, -0.1) is 0 Å². The molecule has 1 atom stereocenters. The van der Waals surface area contributed by atoms with Gasteiger partial charge in [0.1, 0.15) is 5.75 Å². The molecule has 0 radical (unpaired) electrons. The minimum atomic E-state index is -3.67. The van der Waals surface area contributed by atoms with E-state index in [9.17, 15) is 13.2 Å². The Bertz CT molecular complexity index is 1270. The van der Waals surface area contributed by atoms with Crippen LogP contribution in [0.5, 0.6) is 5.75 Å². The van der Waals surface area contributed by atoms with E-state index in [1.807, 2.05) is 17.0 Å². The number of hydrogen-bond donors (Lipinski definition) is 0. The predicted octanol–water partition coefficient (Wildman–Crippen LogP) is 4.03. The maximum absolute atomic E-state index is 13.5. The summed E-state index contributed by atoms with van der Waals surface area (Å²) in [4.78, 5) is 18.1. The number of hydrogen-bond acceptors (Lipinski definition) is 5. The number of benzene rings is 3. The Balaban J connectivity index is 1.24. The summed E-state index contributed by atoms with van der Waals surface area (Å²) in [7, 11) is -2.12. The third kappa shape index (κ3) is 5.62. The standard InChI is InChI=1S/C30H35N3O4S/c1-37-27-14-16-28(17-15-27)38(35,36)33-18-8-13-26(23-33)30(34)32-21-19-31(20-22-32)29(24-9-4-2-5-10-24)25-11-6-3-7-12-25/h2-7,9-12,14-17,26,29H,8,13,18-23H2,1H3/t26-/m1/s1. The first-order valence-corrected chi connectivity index (χ1v) is 14.7. The zero-order chi connectivity index (χ0) is 26.5. The fraction of sp³-hybridized carbons (Fsp3) is 0.367. The summed E-state index contributed by atoms with van der Waals surface area (Å²) in [6.45, 7) is 3.46. The molecule has 3 aromatic carbocycles. The van der Waals surface area contributed by atoms with Crippen LogP contribution in [0.25, 0.3) is 0 Å². The molecule has 1 amide bonds. The Morgan fingerprint density at radius 1 is 0.816 bits per heavy atom. The number of amides is 1. The number of ether oxygens (including phenoxy) is 1. The monoisotopic (exact) mass is 533 g/mol. The lowest BCUT2D eigenvalue weighted by Crippen LogP contribution is -2.53. The Morgan fingerprint density at radius 2 is 1.39 bits per heavy atom. The van der Waals surface area contributed by atoms with Crippen LogP contribution < -0.4 is 4.74 Å². The van der Waals surface area contributed by atoms with E-state index in [1.165, 1.54) is 15.4 Å².